The van der Waals surface area contributed by atoms with Crippen molar-refractivity contribution in [3.05, 3.63) is 23.8 Å². The first kappa shape index (κ1) is 13.2. The summed E-state index contributed by atoms with van der Waals surface area (Å²) in [5.41, 5.74) is 6.19. The van der Waals surface area contributed by atoms with Crippen LogP contribution in [0.4, 0.5) is 16.2 Å². The minimum Gasteiger partial charge on any atom is -0.478 e. The molecular formula is C13H17N3O3. The average molecular weight is 263 g/mol. The monoisotopic (exact) mass is 263 g/mol. The summed E-state index contributed by atoms with van der Waals surface area (Å²) in [4.78, 5) is 24.8. The molecule has 1 fully saturated rings. The highest BCUT2D eigenvalue weighted by Gasteiger charge is 2.19. The van der Waals surface area contributed by atoms with E-state index in [9.17, 15) is 9.59 Å². The van der Waals surface area contributed by atoms with Crippen LogP contribution in [0.5, 0.6) is 0 Å². The average Bonchev–Trinajstić information content (AvgIpc) is 2.41. The van der Waals surface area contributed by atoms with Crippen molar-refractivity contribution in [2.45, 2.75) is 19.3 Å². The number of rotatable bonds is 2. The van der Waals surface area contributed by atoms with E-state index in [4.69, 9.17) is 10.8 Å². The van der Waals surface area contributed by atoms with Crippen LogP contribution in [0.25, 0.3) is 0 Å². The summed E-state index contributed by atoms with van der Waals surface area (Å²) in [6.45, 7) is 1.42. The fourth-order valence-corrected chi connectivity index (χ4v) is 2.14. The second kappa shape index (κ2) is 5.60. The minimum atomic E-state index is -1.11. The maximum absolute atomic E-state index is 12.0. The molecule has 0 saturated carbocycles. The molecule has 0 radical (unpaired) electrons. The summed E-state index contributed by atoms with van der Waals surface area (Å²) >= 11 is 0. The smallest absolute Gasteiger partial charge is 0.337 e. The predicted molar refractivity (Wildman–Crippen MR) is 72.3 cm³/mol. The van der Waals surface area contributed by atoms with Crippen LogP contribution in [0.3, 0.4) is 0 Å². The molecule has 0 aromatic heterocycles. The van der Waals surface area contributed by atoms with Gasteiger partial charge in [-0.15, -0.1) is 0 Å². The van der Waals surface area contributed by atoms with Crippen molar-refractivity contribution in [2.75, 3.05) is 24.1 Å². The largest absolute Gasteiger partial charge is 0.478 e. The molecule has 1 saturated heterocycles. The maximum atomic E-state index is 12.0. The number of nitrogens with two attached hydrogens (primary N) is 1. The summed E-state index contributed by atoms with van der Waals surface area (Å²) < 4.78 is 0. The zero-order valence-electron chi connectivity index (χ0n) is 10.6. The lowest BCUT2D eigenvalue weighted by Gasteiger charge is -2.27. The van der Waals surface area contributed by atoms with Gasteiger partial charge in [-0.2, -0.15) is 0 Å². The van der Waals surface area contributed by atoms with E-state index in [1.807, 2.05) is 0 Å². The molecule has 0 spiro atoms. The van der Waals surface area contributed by atoms with Gasteiger partial charge in [0.25, 0.3) is 0 Å². The summed E-state index contributed by atoms with van der Waals surface area (Å²) in [5.74, 6) is -1.11. The third-order valence-corrected chi connectivity index (χ3v) is 3.16. The fraction of sp³-hybridized carbons (Fsp3) is 0.385. The van der Waals surface area contributed by atoms with Gasteiger partial charge in [0.1, 0.15) is 0 Å². The highest BCUT2D eigenvalue weighted by Crippen LogP contribution is 2.20. The molecule has 0 aliphatic carbocycles. The lowest BCUT2D eigenvalue weighted by atomic mass is 10.1. The van der Waals surface area contributed by atoms with Crippen LogP contribution < -0.4 is 11.1 Å². The van der Waals surface area contributed by atoms with Crippen LogP contribution in [-0.4, -0.2) is 35.1 Å². The highest BCUT2D eigenvalue weighted by atomic mass is 16.4. The molecule has 2 amide bonds. The topological polar surface area (TPSA) is 95.7 Å². The lowest BCUT2D eigenvalue weighted by Crippen LogP contribution is -2.38. The quantitative estimate of drug-likeness (QED) is 0.711. The fourth-order valence-electron chi connectivity index (χ4n) is 2.14. The second-order valence-corrected chi connectivity index (χ2v) is 4.59. The van der Waals surface area contributed by atoms with E-state index < -0.39 is 5.97 Å². The number of carboxylic acids is 1. The Balaban J connectivity index is 2.13. The van der Waals surface area contributed by atoms with Crippen molar-refractivity contribution in [1.29, 1.82) is 0 Å². The lowest BCUT2D eigenvalue weighted by molar-refractivity contribution is 0.0698. The normalized spacial score (nSPS) is 15.1. The third-order valence-electron chi connectivity index (χ3n) is 3.16. The Morgan fingerprint density at radius 3 is 2.53 bits per heavy atom. The van der Waals surface area contributed by atoms with Crippen LogP contribution in [-0.2, 0) is 0 Å². The van der Waals surface area contributed by atoms with Crippen LogP contribution in [0.1, 0.15) is 29.6 Å². The first-order valence-electron chi connectivity index (χ1n) is 6.26. The molecule has 19 heavy (non-hydrogen) atoms. The van der Waals surface area contributed by atoms with Gasteiger partial charge in [0.05, 0.1) is 11.3 Å². The Morgan fingerprint density at radius 1 is 1.21 bits per heavy atom. The molecular weight excluding hydrogens is 246 g/mol. The molecule has 1 aromatic carbocycles. The molecule has 1 heterocycles. The number of hydrogen-bond donors (Lipinski definition) is 3. The summed E-state index contributed by atoms with van der Waals surface area (Å²) in [5, 5.41) is 11.7. The van der Waals surface area contributed by atoms with E-state index >= 15 is 0 Å². The number of nitrogens with zero attached hydrogens (tertiary/aromatic N) is 1. The molecule has 102 valence electrons. The number of carbonyl (C=O) groups is 2. The molecule has 6 heteroatoms. The molecule has 0 unspecified atom stereocenters. The Kier molecular flexibility index (Phi) is 3.89. The summed E-state index contributed by atoms with van der Waals surface area (Å²) in [6, 6.07) is 4.17. The zero-order chi connectivity index (χ0) is 13.8. The predicted octanol–water partition coefficient (Wildman–Crippen LogP) is 1.98. The van der Waals surface area contributed by atoms with Crippen LogP contribution in [0.15, 0.2) is 18.2 Å². The third kappa shape index (κ3) is 3.15. The Bertz CT molecular complexity index is 496. The number of piperidine rings is 1. The number of carboxylic acid groups (broad SMARTS) is 1. The van der Waals surface area contributed by atoms with Gasteiger partial charge in [0.15, 0.2) is 0 Å². The number of benzene rings is 1. The van der Waals surface area contributed by atoms with Crippen LogP contribution in [0.2, 0.25) is 0 Å². The van der Waals surface area contributed by atoms with Gasteiger partial charge in [-0.3, -0.25) is 0 Å². The number of aromatic carboxylic acids is 1. The number of amides is 2. The van der Waals surface area contributed by atoms with E-state index in [2.05, 4.69) is 5.32 Å². The van der Waals surface area contributed by atoms with E-state index in [0.29, 0.717) is 18.8 Å². The molecule has 2 rings (SSSR count). The van der Waals surface area contributed by atoms with E-state index in [0.717, 1.165) is 19.3 Å². The van der Waals surface area contributed by atoms with Crippen LogP contribution >= 0.6 is 0 Å². The van der Waals surface area contributed by atoms with E-state index in [-0.39, 0.29) is 17.3 Å². The SMILES string of the molecule is Nc1ccc(NC(=O)N2CCCCC2)c(C(=O)O)c1. The van der Waals surface area contributed by atoms with Crippen molar-refractivity contribution < 1.29 is 14.7 Å². The minimum absolute atomic E-state index is 0.00496. The molecule has 0 atom stereocenters. The van der Waals surface area contributed by atoms with E-state index in [1.54, 1.807) is 11.0 Å². The number of hydrogen-bond acceptors (Lipinski definition) is 3. The van der Waals surface area contributed by atoms with Crippen molar-refractivity contribution in [1.82, 2.24) is 4.90 Å². The van der Waals surface area contributed by atoms with Gasteiger partial charge in [-0.05, 0) is 37.5 Å². The van der Waals surface area contributed by atoms with Crippen molar-refractivity contribution in [2.24, 2.45) is 0 Å². The van der Waals surface area contributed by atoms with Gasteiger partial charge in [-0.25, -0.2) is 9.59 Å². The maximum Gasteiger partial charge on any atom is 0.337 e. The Morgan fingerprint density at radius 2 is 1.89 bits per heavy atom. The van der Waals surface area contributed by atoms with Gasteiger partial charge >= 0.3 is 12.0 Å². The number of carbonyl (C=O) groups excluding carboxylic acids is 1. The zero-order valence-corrected chi connectivity index (χ0v) is 10.6. The second-order valence-electron chi connectivity index (χ2n) is 4.59. The number of urea groups is 1. The molecule has 1 aromatic rings. The molecule has 6 nitrogen and oxygen atoms in total. The first-order chi connectivity index (χ1) is 9.08. The molecule has 1 aliphatic heterocycles. The van der Waals surface area contributed by atoms with Gasteiger partial charge in [0.2, 0.25) is 0 Å². The van der Waals surface area contributed by atoms with Gasteiger partial charge in [-0.1, -0.05) is 0 Å². The van der Waals surface area contributed by atoms with Crippen molar-refractivity contribution in [3.8, 4) is 0 Å². The van der Waals surface area contributed by atoms with Crippen molar-refractivity contribution >= 4 is 23.4 Å². The summed E-state index contributed by atoms with van der Waals surface area (Å²) in [7, 11) is 0. The first-order valence-corrected chi connectivity index (χ1v) is 6.26. The highest BCUT2D eigenvalue weighted by molar-refractivity contribution is 6.00. The number of likely N-dealkylation sites (tertiary alicyclic amines) is 1. The number of nitrogens with one attached hydrogen (secondary N) is 1. The number of anilines is 2. The standard InChI is InChI=1S/C13H17N3O3/c14-9-4-5-11(10(8-9)12(17)18)15-13(19)16-6-2-1-3-7-16/h4-5,8H,1-3,6-7,14H2,(H,15,19)(H,17,18). The van der Waals surface area contributed by atoms with Gasteiger partial charge in [0, 0.05) is 18.8 Å². The van der Waals surface area contributed by atoms with Crippen LogP contribution in [0, 0.1) is 0 Å². The Labute approximate surface area is 111 Å². The molecule has 0 bridgehead atoms. The van der Waals surface area contributed by atoms with E-state index in [1.165, 1.54) is 12.1 Å². The van der Waals surface area contributed by atoms with Gasteiger partial charge < -0.3 is 21.1 Å². The molecule has 1 aliphatic rings. The Hall–Kier alpha value is -2.24. The molecule has 4 N–H and O–H groups in total. The number of nitrogen functional groups attached to an aromatic ring is 1. The summed E-state index contributed by atoms with van der Waals surface area (Å²) in [6.07, 6.45) is 3.11. The van der Waals surface area contributed by atoms with Crippen molar-refractivity contribution in [3.63, 3.8) is 0 Å².